The van der Waals surface area contributed by atoms with Gasteiger partial charge in [0.25, 0.3) is 0 Å². The smallest absolute Gasteiger partial charge is 0.247 e. The number of piperidine rings is 1. The second kappa shape index (κ2) is 8.02. The Kier molecular flexibility index (Phi) is 5.29. The molecule has 1 fully saturated rings. The van der Waals surface area contributed by atoms with Crippen LogP contribution in [0.15, 0.2) is 36.8 Å². The van der Waals surface area contributed by atoms with Gasteiger partial charge in [-0.2, -0.15) is 4.98 Å². The molecule has 8 heteroatoms. The van der Waals surface area contributed by atoms with Crippen molar-refractivity contribution in [3.63, 3.8) is 0 Å². The van der Waals surface area contributed by atoms with E-state index in [0.717, 1.165) is 37.0 Å². The van der Waals surface area contributed by atoms with Gasteiger partial charge in [0.1, 0.15) is 18.0 Å². The van der Waals surface area contributed by atoms with Gasteiger partial charge in [0.05, 0.1) is 17.1 Å². The number of benzene rings is 1. The highest BCUT2D eigenvalue weighted by Gasteiger charge is 2.15. The van der Waals surface area contributed by atoms with Gasteiger partial charge >= 0.3 is 0 Å². The fourth-order valence-corrected chi connectivity index (χ4v) is 3.47. The fourth-order valence-electron chi connectivity index (χ4n) is 3.47. The summed E-state index contributed by atoms with van der Waals surface area (Å²) in [6, 6.07) is 5.30. The minimum atomic E-state index is -0.661. The third kappa shape index (κ3) is 4.33. The van der Waals surface area contributed by atoms with E-state index >= 15 is 0 Å². The number of nitrogens with one attached hydrogen (secondary N) is 2. The van der Waals surface area contributed by atoms with Gasteiger partial charge in [-0.1, -0.05) is 0 Å². The van der Waals surface area contributed by atoms with Crippen LogP contribution >= 0.6 is 0 Å². The molecular weight excluding hydrogens is 362 g/mol. The monoisotopic (exact) mass is 384 g/mol. The van der Waals surface area contributed by atoms with E-state index < -0.39 is 11.6 Å². The maximum atomic E-state index is 13.4. The second-order valence-electron chi connectivity index (χ2n) is 7.14. The van der Waals surface area contributed by atoms with Gasteiger partial charge in [-0.15, -0.1) is 5.10 Å². The van der Waals surface area contributed by atoms with Crippen molar-refractivity contribution in [2.24, 2.45) is 5.92 Å². The molecule has 1 aromatic carbocycles. The maximum absolute atomic E-state index is 13.4. The van der Waals surface area contributed by atoms with E-state index in [1.54, 1.807) is 0 Å². The van der Waals surface area contributed by atoms with Gasteiger partial charge in [-0.25, -0.2) is 13.5 Å². The summed E-state index contributed by atoms with van der Waals surface area (Å²) in [7, 11) is 0. The molecular formula is C20H22F2N6. The van der Waals surface area contributed by atoms with E-state index in [1.807, 2.05) is 13.1 Å². The minimum absolute atomic E-state index is 0.271. The molecule has 0 spiro atoms. The molecule has 3 heterocycles. The summed E-state index contributed by atoms with van der Waals surface area (Å²) in [5.41, 5.74) is 3.11. The summed E-state index contributed by atoms with van der Waals surface area (Å²) in [4.78, 5) is 8.68. The number of anilines is 2. The van der Waals surface area contributed by atoms with Crippen molar-refractivity contribution in [2.75, 3.05) is 18.4 Å². The molecule has 3 aromatic rings. The Morgan fingerprint density at radius 2 is 1.86 bits per heavy atom. The van der Waals surface area contributed by atoms with Gasteiger partial charge < -0.3 is 10.6 Å². The average molecular weight is 384 g/mol. The highest BCUT2D eigenvalue weighted by atomic mass is 19.1. The van der Waals surface area contributed by atoms with Crippen LogP contribution in [0.3, 0.4) is 0 Å². The lowest BCUT2D eigenvalue weighted by Gasteiger charge is -2.22. The number of hydrogen-bond donors (Lipinski definition) is 2. The van der Waals surface area contributed by atoms with Crippen LogP contribution in [0.2, 0.25) is 0 Å². The van der Waals surface area contributed by atoms with Crippen molar-refractivity contribution in [3.8, 4) is 5.69 Å². The molecule has 6 nitrogen and oxygen atoms in total. The summed E-state index contributed by atoms with van der Waals surface area (Å²) < 4.78 is 28.2. The molecule has 4 rings (SSSR count). The number of rotatable bonds is 5. The van der Waals surface area contributed by atoms with Crippen LogP contribution in [0.4, 0.5) is 20.4 Å². The fraction of sp³-hybridized carbons (Fsp3) is 0.350. The Labute approximate surface area is 162 Å². The first-order valence-corrected chi connectivity index (χ1v) is 9.38. The molecule has 2 N–H and O–H groups in total. The average Bonchev–Trinajstić information content (AvgIpc) is 3.13. The number of halogens is 2. The maximum Gasteiger partial charge on any atom is 0.247 e. The first-order chi connectivity index (χ1) is 13.6. The zero-order valence-corrected chi connectivity index (χ0v) is 15.6. The first-order valence-electron chi connectivity index (χ1n) is 9.38. The van der Waals surface area contributed by atoms with Gasteiger partial charge in [0.15, 0.2) is 0 Å². The number of nitrogens with zero attached hydrogens (tertiary/aromatic N) is 4. The molecule has 0 saturated carbocycles. The van der Waals surface area contributed by atoms with Gasteiger partial charge in [-0.05, 0) is 69.0 Å². The predicted octanol–water partition coefficient (Wildman–Crippen LogP) is 3.53. The lowest BCUT2D eigenvalue weighted by Crippen LogP contribution is -2.28. The molecule has 0 aliphatic carbocycles. The van der Waals surface area contributed by atoms with Crippen molar-refractivity contribution in [2.45, 2.75) is 26.2 Å². The Morgan fingerprint density at radius 3 is 2.61 bits per heavy atom. The number of pyridine rings is 1. The standard InChI is InChI=1S/C20H22F2N6/c1-13-19(7-15(11-24-13)6-14-2-4-23-5-3-14)26-20-25-12-28(27-20)18-9-16(21)8-17(22)10-18/h7-12,14,23H,2-6H2,1H3,(H,26,27). The van der Waals surface area contributed by atoms with Crippen LogP contribution < -0.4 is 10.6 Å². The van der Waals surface area contributed by atoms with Crippen LogP contribution in [-0.2, 0) is 6.42 Å². The van der Waals surface area contributed by atoms with Gasteiger partial charge in [-0.3, -0.25) is 4.98 Å². The van der Waals surface area contributed by atoms with Crippen LogP contribution in [-0.4, -0.2) is 32.8 Å². The molecule has 1 aliphatic heterocycles. The molecule has 0 radical (unpaired) electrons. The highest BCUT2D eigenvalue weighted by Crippen LogP contribution is 2.23. The molecule has 0 unspecified atom stereocenters. The third-order valence-electron chi connectivity index (χ3n) is 4.98. The van der Waals surface area contributed by atoms with Gasteiger partial charge in [0.2, 0.25) is 5.95 Å². The zero-order chi connectivity index (χ0) is 19.5. The summed E-state index contributed by atoms with van der Waals surface area (Å²) in [6.07, 6.45) is 6.68. The number of aryl methyl sites for hydroxylation is 1. The third-order valence-corrected chi connectivity index (χ3v) is 4.98. The highest BCUT2D eigenvalue weighted by molar-refractivity contribution is 5.57. The Hall–Kier alpha value is -2.87. The molecule has 28 heavy (non-hydrogen) atoms. The summed E-state index contributed by atoms with van der Waals surface area (Å²) in [5, 5.41) is 10.8. The predicted molar refractivity (Wildman–Crippen MR) is 103 cm³/mol. The lowest BCUT2D eigenvalue weighted by molar-refractivity contribution is 0.372. The molecule has 0 atom stereocenters. The number of hydrogen-bond acceptors (Lipinski definition) is 5. The SMILES string of the molecule is Cc1ncc(CC2CCNCC2)cc1Nc1ncn(-c2cc(F)cc(F)c2)n1. The minimum Gasteiger partial charge on any atom is -0.321 e. The Morgan fingerprint density at radius 1 is 1.11 bits per heavy atom. The normalized spacial score (nSPS) is 15.0. The van der Waals surface area contributed by atoms with E-state index in [4.69, 9.17) is 0 Å². The van der Waals surface area contributed by atoms with Crippen molar-refractivity contribution < 1.29 is 8.78 Å². The van der Waals surface area contributed by atoms with Crippen LogP contribution in [0, 0.1) is 24.5 Å². The quantitative estimate of drug-likeness (QED) is 0.704. The van der Waals surface area contributed by atoms with E-state index in [-0.39, 0.29) is 5.69 Å². The van der Waals surface area contributed by atoms with Crippen molar-refractivity contribution in [1.29, 1.82) is 0 Å². The van der Waals surface area contributed by atoms with Crippen molar-refractivity contribution >= 4 is 11.6 Å². The summed E-state index contributed by atoms with van der Waals surface area (Å²) >= 11 is 0. The lowest BCUT2D eigenvalue weighted by atomic mass is 9.91. The van der Waals surface area contributed by atoms with Crippen molar-refractivity contribution in [1.82, 2.24) is 25.1 Å². The molecule has 1 saturated heterocycles. The Bertz CT molecular complexity index is 945. The van der Waals surface area contributed by atoms with Crippen LogP contribution in [0.5, 0.6) is 0 Å². The Balaban J connectivity index is 1.51. The van der Waals surface area contributed by atoms with Gasteiger partial charge in [0, 0.05) is 12.3 Å². The largest absolute Gasteiger partial charge is 0.321 e. The van der Waals surface area contributed by atoms with E-state index in [2.05, 4.69) is 31.8 Å². The van der Waals surface area contributed by atoms with Crippen molar-refractivity contribution in [3.05, 3.63) is 59.7 Å². The second-order valence-corrected chi connectivity index (χ2v) is 7.14. The molecule has 146 valence electrons. The topological polar surface area (TPSA) is 67.7 Å². The first kappa shape index (κ1) is 18.5. The summed E-state index contributed by atoms with van der Waals surface area (Å²) in [6.45, 7) is 4.05. The molecule has 2 aromatic heterocycles. The zero-order valence-electron chi connectivity index (χ0n) is 15.6. The van der Waals surface area contributed by atoms with E-state index in [1.165, 1.54) is 41.5 Å². The van der Waals surface area contributed by atoms with E-state index in [9.17, 15) is 8.78 Å². The molecule has 0 bridgehead atoms. The molecule has 1 aliphatic rings. The summed E-state index contributed by atoms with van der Waals surface area (Å²) in [5.74, 6) is -0.316. The van der Waals surface area contributed by atoms with Crippen LogP contribution in [0.1, 0.15) is 24.1 Å². The van der Waals surface area contributed by atoms with Crippen LogP contribution in [0.25, 0.3) is 5.69 Å². The number of aromatic nitrogens is 4. The molecule has 0 amide bonds. The van der Waals surface area contributed by atoms with E-state index in [0.29, 0.717) is 11.9 Å².